The van der Waals surface area contributed by atoms with Crippen molar-refractivity contribution in [1.29, 1.82) is 0 Å². The van der Waals surface area contributed by atoms with Crippen LogP contribution < -0.4 is 0 Å². The molecule has 0 radical (unpaired) electrons. The molecule has 0 aliphatic heterocycles. The van der Waals surface area contributed by atoms with Crippen LogP contribution in [0.1, 0.15) is 29.5 Å². The smallest absolute Gasteiger partial charge is 0.185 e. The highest BCUT2D eigenvalue weighted by molar-refractivity contribution is 6.30. The minimum atomic E-state index is 0.163. The van der Waals surface area contributed by atoms with E-state index in [0.29, 0.717) is 5.02 Å². The molecule has 22 heavy (non-hydrogen) atoms. The van der Waals surface area contributed by atoms with Crippen LogP contribution in [0.15, 0.2) is 59.7 Å². The Morgan fingerprint density at radius 1 is 0.818 bits per heavy atom. The maximum absolute atomic E-state index is 12.5. The summed E-state index contributed by atoms with van der Waals surface area (Å²) in [6, 6.07) is 15.8. The Labute approximate surface area is 135 Å². The highest BCUT2D eigenvalue weighted by Gasteiger charge is 2.22. The van der Waals surface area contributed by atoms with Gasteiger partial charge in [0.25, 0.3) is 0 Å². The van der Waals surface area contributed by atoms with E-state index in [4.69, 9.17) is 11.6 Å². The van der Waals surface area contributed by atoms with Crippen LogP contribution in [0.5, 0.6) is 0 Å². The molecule has 0 spiro atoms. The lowest BCUT2D eigenvalue weighted by Crippen LogP contribution is -1.95. The van der Waals surface area contributed by atoms with Gasteiger partial charge in [0.05, 0.1) is 0 Å². The lowest BCUT2D eigenvalue weighted by molar-refractivity contribution is -0.111. The molecule has 1 aliphatic carbocycles. The largest absolute Gasteiger partial charge is 0.289 e. The van der Waals surface area contributed by atoms with Crippen molar-refractivity contribution in [2.24, 2.45) is 0 Å². The molecule has 0 heterocycles. The predicted octanol–water partition coefficient (Wildman–Crippen LogP) is 5.48. The number of carbonyl (C=O) groups excluding carboxylic acids is 1. The molecule has 1 fully saturated rings. The molecule has 2 aromatic carbocycles. The number of rotatable bonds is 2. The average Bonchev–Trinajstić information content (AvgIpc) is 2.85. The second-order valence-electron chi connectivity index (χ2n) is 5.63. The summed E-state index contributed by atoms with van der Waals surface area (Å²) in [5.74, 6) is 0.163. The Bertz CT molecular complexity index is 684. The zero-order valence-corrected chi connectivity index (χ0v) is 13.2. The monoisotopic (exact) mass is 308 g/mol. The van der Waals surface area contributed by atoms with Gasteiger partial charge in [0.15, 0.2) is 5.78 Å². The Balaban J connectivity index is 1.82. The van der Waals surface area contributed by atoms with Gasteiger partial charge in [-0.1, -0.05) is 53.6 Å². The Hall–Kier alpha value is -2.12. The minimum absolute atomic E-state index is 0.163. The quantitative estimate of drug-likeness (QED) is 0.671. The van der Waals surface area contributed by atoms with Crippen LogP contribution in [0.3, 0.4) is 0 Å². The second-order valence-corrected chi connectivity index (χ2v) is 6.07. The van der Waals surface area contributed by atoms with Gasteiger partial charge in [-0.15, -0.1) is 0 Å². The van der Waals surface area contributed by atoms with E-state index in [-0.39, 0.29) is 5.78 Å². The number of allylic oxidation sites excluding steroid dienone is 2. The predicted molar refractivity (Wildman–Crippen MR) is 92.8 cm³/mol. The van der Waals surface area contributed by atoms with Crippen LogP contribution in [0.25, 0.3) is 12.2 Å². The Morgan fingerprint density at radius 3 is 1.77 bits per heavy atom. The molecule has 0 atom stereocenters. The molecule has 2 aromatic rings. The normalized spacial score (nSPS) is 18.4. The molecule has 3 rings (SSSR count). The van der Waals surface area contributed by atoms with Crippen LogP contribution in [-0.4, -0.2) is 5.78 Å². The molecule has 0 bridgehead atoms. The molecule has 0 amide bonds. The van der Waals surface area contributed by atoms with Gasteiger partial charge in [-0.05, 0) is 55.2 Å². The zero-order chi connectivity index (χ0) is 15.5. The van der Waals surface area contributed by atoms with Gasteiger partial charge in [-0.25, -0.2) is 0 Å². The van der Waals surface area contributed by atoms with Crippen LogP contribution in [-0.2, 0) is 4.79 Å². The summed E-state index contributed by atoms with van der Waals surface area (Å²) in [5, 5.41) is 0.708. The fourth-order valence-electron chi connectivity index (χ4n) is 2.60. The molecule has 1 saturated carbocycles. The standard InChI is InChI=1S/C20H17ClO/c1-14-2-4-15(5-3-14)12-17-8-9-18(20(17)22)13-16-6-10-19(21)11-7-16/h2-7,10-13H,8-9H2,1H3/b17-12+,18-13+. The van der Waals surface area contributed by atoms with Gasteiger partial charge in [-0.3, -0.25) is 4.79 Å². The van der Waals surface area contributed by atoms with Gasteiger partial charge in [0.2, 0.25) is 0 Å². The topological polar surface area (TPSA) is 17.1 Å². The lowest BCUT2D eigenvalue weighted by Gasteiger charge is -1.99. The van der Waals surface area contributed by atoms with Crippen LogP contribution in [0.2, 0.25) is 5.02 Å². The van der Waals surface area contributed by atoms with Crippen LogP contribution in [0.4, 0.5) is 0 Å². The Kier molecular flexibility index (Phi) is 4.26. The number of halogens is 1. The number of ketones is 1. The highest BCUT2D eigenvalue weighted by atomic mass is 35.5. The van der Waals surface area contributed by atoms with E-state index in [0.717, 1.165) is 35.1 Å². The van der Waals surface area contributed by atoms with Crippen molar-refractivity contribution in [3.8, 4) is 0 Å². The van der Waals surface area contributed by atoms with Crippen molar-refractivity contribution in [3.63, 3.8) is 0 Å². The number of hydrogen-bond donors (Lipinski definition) is 0. The third kappa shape index (κ3) is 3.37. The molecule has 1 aliphatic rings. The van der Waals surface area contributed by atoms with E-state index in [9.17, 15) is 4.79 Å². The minimum Gasteiger partial charge on any atom is -0.289 e. The van der Waals surface area contributed by atoms with Crippen molar-refractivity contribution in [1.82, 2.24) is 0 Å². The van der Waals surface area contributed by atoms with E-state index in [1.54, 1.807) is 0 Å². The van der Waals surface area contributed by atoms with Crippen LogP contribution in [0, 0.1) is 6.92 Å². The van der Waals surface area contributed by atoms with E-state index in [1.807, 2.05) is 36.4 Å². The van der Waals surface area contributed by atoms with Crippen molar-refractivity contribution < 1.29 is 4.79 Å². The molecule has 0 unspecified atom stereocenters. The number of aryl methyl sites for hydroxylation is 1. The van der Waals surface area contributed by atoms with Gasteiger partial charge in [0.1, 0.15) is 0 Å². The molecule has 110 valence electrons. The summed E-state index contributed by atoms with van der Waals surface area (Å²) >= 11 is 5.88. The van der Waals surface area contributed by atoms with Crippen molar-refractivity contribution >= 4 is 29.5 Å². The first-order valence-electron chi connectivity index (χ1n) is 7.40. The first-order chi connectivity index (χ1) is 10.6. The van der Waals surface area contributed by atoms with E-state index >= 15 is 0 Å². The second kappa shape index (κ2) is 6.33. The zero-order valence-electron chi connectivity index (χ0n) is 12.5. The van der Waals surface area contributed by atoms with Gasteiger partial charge in [0, 0.05) is 16.2 Å². The SMILES string of the molecule is Cc1ccc(/C=C2\CC/C(=C\c3ccc(Cl)cc3)C2=O)cc1. The molecule has 1 nitrogen and oxygen atoms in total. The number of benzene rings is 2. The van der Waals surface area contributed by atoms with Gasteiger partial charge < -0.3 is 0 Å². The maximum Gasteiger partial charge on any atom is 0.185 e. The third-order valence-electron chi connectivity index (χ3n) is 3.88. The highest BCUT2D eigenvalue weighted by Crippen LogP contribution is 2.29. The summed E-state index contributed by atoms with van der Waals surface area (Å²) in [7, 11) is 0. The summed E-state index contributed by atoms with van der Waals surface area (Å²) in [6.45, 7) is 2.06. The molecule has 0 aromatic heterocycles. The molecule has 0 saturated heterocycles. The van der Waals surface area contributed by atoms with E-state index in [2.05, 4.69) is 31.2 Å². The first-order valence-corrected chi connectivity index (χ1v) is 7.78. The lowest BCUT2D eigenvalue weighted by atomic mass is 10.1. The summed E-state index contributed by atoms with van der Waals surface area (Å²) in [5.41, 5.74) is 5.10. The van der Waals surface area contributed by atoms with Gasteiger partial charge in [-0.2, -0.15) is 0 Å². The van der Waals surface area contributed by atoms with Crippen molar-refractivity contribution in [3.05, 3.63) is 81.4 Å². The third-order valence-corrected chi connectivity index (χ3v) is 4.13. The summed E-state index contributed by atoms with van der Waals surface area (Å²) < 4.78 is 0. The maximum atomic E-state index is 12.5. The summed E-state index contributed by atoms with van der Waals surface area (Å²) in [4.78, 5) is 12.5. The molecule has 0 N–H and O–H groups in total. The molecule has 2 heteroatoms. The fourth-order valence-corrected chi connectivity index (χ4v) is 2.73. The van der Waals surface area contributed by atoms with E-state index < -0.39 is 0 Å². The summed E-state index contributed by atoms with van der Waals surface area (Å²) in [6.07, 6.45) is 5.59. The van der Waals surface area contributed by atoms with Crippen molar-refractivity contribution in [2.75, 3.05) is 0 Å². The van der Waals surface area contributed by atoms with E-state index in [1.165, 1.54) is 5.56 Å². The average molecular weight is 309 g/mol. The first kappa shape index (κ1) is 14.8. The number of Topliss-reactive ketones (excluding diaryl/α,β-unsaturated/α-hetero) is 1. The fraction of sp³-hybridized carbons (Fsp3) is 0.150. The van der Waals surface area contributed by atoms with Crippen molar-refractivity contribution in [2.45, 2.75) is 19.8 Å². The van der Waals surface area contributed by atoms with Gasteiger partial charge >= 0.3 is 0 Å². The molecular formula is C20H17ClO. The number of carbonyl (C=O) groups is 1. The van der Waals surface area contributed by atoms with Crippen LogP contribution >= 0.6 is 11.6 Å². The molecular weight excluding hydrogens is 292 g/mol. The Morgan fingerprint density at radius 2 is 1.27 bits per heavy atom. The number of hydrogen-bond acceptors (Lipinski definition) is 1.